The molecule has 0 radical (unpaired) electrons. The molecule has 1 unspecified atom stereocenters. The van der Waals surface area contributed by atoms with Gasteiger partial charge >= 0.3 is 7.82 Å². The highest BCUT2D eigenvalue weighted by Gasteiger charge is 2.44. The predicted molar refractivity (Wildman–Crippen MR) is 39.9 cm³/mol. The van der Waals surface area contributed by atoms with Crippen LogP contribution in [0.3, 0.4) is 0 Å². The van der Waals surface area contributed by atoms with Crippen molar-refractivity contribution in [2.45, 2.75) is 0 Å². The minimum Gasteiger partial charge on any atom is -0.405 e. The molecule has 8 heteroatoms. The van der Waals surface area contributed by atoms with Crippen LogP contribution in [0.15, 0.2) is 11.3 Å². The summed E-state index contributed by atoms with van der Waals surface area (Å²) in [5.41, 5.74) is -0.514. The largest absolute Gasteiger partial charge is 0.524 e. The lowest BCUT2D eigenvalue weighted by Crippen LogP contribution is -2.30. The van der Waals surface area contributed by atoms with E-state index in [0.29, 0.717) is 0 Å². The van der Waals surface area contributed by atoms with Crippen LogP contribution in [0.25, 0.3) is 0 Å². The summed E-state index contributed by atoms with van der Waals surface area (Å²) < 4.78 is 14.4. The molecule has 7 nitrogen and oxygen atoms in total. The first-order valence-corrected chi connectivity index (χ1v) is 4.77. The zero-order chi connectivity index (χ0) is 10.9. The van der Waals surface area contributed by atoms with E-state index < -0.39 is 30.9 Å². The Morgan fingerprint density at radius 1 is 1.43 bits per heavy atom. The smallest absolute Gasteiger partial charge is 0.405 e. The van der Waals surface area contributed by atoms with Crippen LogP contribution in [-0.4, -0.2) is 15.6 Å². The second-order valence-corrected chi connectivity index (χ2v) is 3.52. The van der Waals surface area contributed by atoms with Gasteiger partial charge in [-0.25, -0.2) is 4.57 Å². The number of carbonyl (C=O) groups is 1. The molecule has 0 aromatic heterocycles. The Bertz CT molecular complexity index is 448. The number of ketones is 1. The van der Waals surface area contributed by atoms with Crippen molar-refractivity contribution in [1.82, 2.24) is 0 Å². The fourth-order valence-electron chi connectivity index (χ4n) is 0.905. The lowest BCUT2D eigenvalue weighted by atomic mass is 9.84. The summed E-state index contributed by atoms with van der Waals surface area (Å²) >= 11 is 0. The van der Waals surface area contributed by atoms with Gasteiger partial charge < -0.3 is 4.52 Å². The van der Waals surface area contributed by atoms with Crippen molar-refractivity contribution in [3.8, 4) is 12.1 Å². The number of Topliss-reactive ketones (excluding diaryl/α,β-unsaturated/α-hetero) is 1. The molecule has 1 aliphatic rings. The van der Waals surface area contributed by atoms with Gasteiger partial charge in [0, 0.05) is 0 Å². The Labute approximate surface area is 78.1 Å². The number of phosphoric acid groups is 1. The summed E-state index contributed by atoms with van der Waals surface area (Å²) in [5, 5.41) is 16.8. The molecule has 1 rings (SSSR count). The van der Waals surface area contributed by atoms with Crippen molar-refractivity contribution in [2.24, 2.45) is 5.92 Å². The molecule has 0 aromatic rings. The molecule has 0 bridgehead atoms. The molecule has 0 heterocycles. The van der Waals surface area contributed by atoms with Crippen LogP contribution in [0.2, 0.25) is 0 Å². The number of nitrogens with zero attached hydrogens (tertiary/aromatic N) is 2. The van der Waals surface area contributed by atoms with Crippen LogP contribution in [0.4, 0.5) is 0 Å². The van der Waals surface area contributed by atoms with Crippen molar-refractivity contribution in [3.05, 3.63) is 11.3 Å². The van der Waals surface area contributed by atoms with Gasteiger partial charge in [-0.15, -0.1) is 0 Å². The SMILES string of the molecule is N#CC1=C(OP(=O)(O)O)C(C#N)C1=O. The van der Waals surface area contributed by atoms with Crippen molar-refractivity contribution in [2.75, 3.05) is 0 Å². The van der Waals surface area contributed by atoms with E-state index in [4.69, 9.17) is 20.3 Å². The second kappa shape index (κ2) is 3.24. The maximum absolute atomic E-state index is 10.9. The first-order chi connectivity index (χ1) is 6.40. The van der Waals surface area contributed by atoms with Gasteiger partial charge in [0.25, 0.3) is 0 Å². The van der Waals surface area contributed by atoms with Crippen LogP contribution in [-0.2, 0) is 13.9 Å². The van der Waals surface area contributed by atoms with Gasteiger partial charge in [0.05, 0.1) is 6.07 Å². The molecular weight excluding hydrogens is 211 g/mol. The molecule has 0 spiro atoms. The minimum atomic E-state index is -4.83. The molecule has 2 N–H and O–H groups in total. The van der Waals surface area contributed by atoms with Gasteiger partial charge in [0.15, 0.2) is 11.7 Å². The maximum atomic E-state index is 10.9. The molecule has 0 amide bonds. The standard InChI is InChI=1S/C6H3N2O5P/c7-1-3-5(9)4(2-8)6(3)13-14(10,11)12/h3H,(H2,10,11,12). The summed E-state index contributed by atoms with van der Waals surface area (Å²) in [4.78, 5) is 27.7. The summed E-state index contributed by atoms with van der Waals surface area (Å²) in [5.74, 6) is -2.70. The van der Waals surface area contributed by atoms with E-state index in [9.17, 15) is 9.36 Å². The average molecular weight is 214 g/mol. The minimum absolute atomic E-state index is 0.514. The predicted octanol–water partition coefficient (Wildman–Crippen LogP) is -0.404. The average Bonchev–Trinajstić information content (AvgIpc) is 2.03. The fraction of sp³-hybridized carbons (Fsp3) is 0.167. The third-order valence-electron chi connectivity index (χ3n) is 1.48. The Morgan fingerprint density at radius 3 is 2.36 bits per heavy atom. The van der Waals surface area contributed by atoms with E-state index >= 15 is 0 Å². The van der Waals surface area contributed by atoms with E-state index in [2.05, 4.69) is 4.52 Å². The molecule has 0 aliphatic heterocycles. The highest BCUT2D eigenvalue weighted by atomic mass is 31.2. The van der Waals surface area contributed by atoms with Gasteiger partial charge in [-0.2, -0.15) is 10.5 Å². The maximum Gasteiger partial charge on any atom is 0.524 e. The van der Waals surface area contributed by atoms with Gasteiger partial charge in [-0.1, -0.05) is 0 Å². The van der Waals surface area contributed by atoms with Gasteiger partial charge in [-0.3, -0.25) is 14.6 Å². The van der Waals surface area contributed by atoms with Crippen molar-refractivity contribution >= 4 is 13.6 Å². The molecule has 0 saturated heterocycles. The van der Waals surface area contributed by atoms with Crippen LogP contribution in [0, 0.1) is 28.6 Å². The number of phosphoric ester groups is 1. The topological polar surface area (TPSA) is 131 Å². The van der Waals surface area contributed by atoms with Crippen LogP contribution < -0.4 is 0 Å². The van der Waals surface area contributed by atoms with Crippen molar-refractivity contribution < 1.29 is 23.7 Å². The number of hydrogen-bond donors (Lipinski definition) is 2. The molecule has 1 aliphatic carbocycles. The molecule has 0 aromatic carbocycles. The number of rotatable bonds is 2. The van der Waals surface area contributed by atoms with Crippen LogP contribution in [0.5, 0.6) is 0 Å². The first kappa shape index (κ1) is 10.4. The first-order valence-electron chi connectivity index (χ1n) is 3.24. The molecule has 1 atom stereocenters. The third kappa shape index (κ3) is 1.66. The zero-order valence-corrected chi connectivity index (χ0v) is 7.43. The van der Waals surface area contributed by atoms with Crippen molar-refractivity contribution in [3.63, 3.8) is 0 Å². The fourth-order valence-corrected chi connectivity index (χ4v) is 1.36. The number of allylic oxidation sites excluding steroid dienone is 2. The molecule has 0 fully saturated rings. The molecule has 72 valence electrons. The van der Waals surface area contributed by atoms with Gasteiger partial charge in [0.1, 0.15) is 11.6 Å². The van der Waals surface area contributed by atoms with Gasteiger partial charge in [0.2, 0.25) is 5.78 Å². The lowest BCUT2D eigenvalue weighted by Gasteiger charge is -2.22. The molecular formula is C6H3N2O5P. The normalized spacial score (nSPS) is 20.9. The summed E-state index contributed by atoms with van der Waals surface area (Å²) in [6.45, 7) is 0. The third-order valence-corrected chi connectivity index (χ3v) is 1.91. The number of carbonyl (C=O) groups excluding carboxylic acids is 1. The summed E-state index contributed by atoms with van der Waals surface area (Å²) in [7, 11) is -4.83. The van der Waals surface area contributed by atoms with E-state index in [1.54, 1.807) is 0 Å². The monoisotopic (exact) mass is 214 g/mol. The Balaban J connectivity index is 3.04. The quantitative estimate of drug-likeness (QED) is 0.597. The van der Waals surface area contributed by atoms with Gasteiger partial charge in [-0.05, 0) is 0 Å². The lowest BCUT2D eigenvalue weighted by molar-refractivity contribution is -0.119. The Kier molecular flexibility index (Phi) is 2.41. The summed E-state index contributed by atoms with van der Waals surface area (Å²) in [6.07, 6.45) is 0. The molecule has 14 heavy (non-hydrogen) atoms. The Hall–Kier alpha value is -1.66. The van der Waals surface area contributed by atoms with E-state index in [-0.39, 0.29) is 0 Å². The van der Waals surface area contributed by atoms with E-state index in [0.717, 1.165) is 0 Å². The van der Waals surface area contributed by atoms with Crippen LogP contribution in [0.1, 0.15) is 0 Å². The summed E-state index contributed by atoms with van der Waals surface area (Å²) in [6, 6.07) is 2.86. The number of hydrogen-bond acceptors (Lipinski definition) is 5. The van der Waals surface area contributed by atoms with E-state index in [1.165, 1.54) is 12.1 Å². The van der Waals surface area contributed by atoms with Crippen LogP contribution >= 0.6 is 7.82 Å². The van der Waals surface area contributed by atoms with Crippen molar-refractivity contribution in [1.29, 1.82) is 10.5 Å². The number of nitriles is 2. The zero-order valence-electron chi connectivity index (χ0n) is 6.54. The highest BCUT2D eigenvalue weighted by Crippen LogP contribution is 2.45. The highest BCUT2D eigenvalue weighted by molar-refractivity contribution is 7.46. The second-order valence-electron chi connectivity index (χ2n) is 2.36. The molecule has 0 saturated carbocycles. The Morgan fingerprint density at radius 2 is 2.00 bits per heavy atom. The van der Waals surface area contributed by atoms with E-state index in [1.807, 2.05) is 0 Å².